The Morgan fingerprint density at radius 3 is 2.48 bits per heavy atom. The van der Waals surface area contributed by atoms with Gasteiger partial charge >= 0.3 is 12.0 Å². The highest BCUT2D eigenvalue weighted by Crippen LogP contribution is 2.43. The van der Waals surface area contributed by atoms with E-state index in [1.807, 2.05) is 11.8 Å². The molecule has 0 spiro atoms. The Balaban J connectivity index is 1.77. The molecule has 3 aliphatic rings. The molecule has 0 aromatic rings. The summed E-state index contributed by atoms with van der Waals surface area (Å²) in [6, 6.07) is -0.316. The molecule has 1 aliphatic heterocycles. The van der Waals surface area contributed by atoms with Crippen LogP contribution in [0.3, 0.4) is 0 Å². The van der Waals surface area contributed by atoms with Gasteiger partial charge in [0.15, 0.2) is 0 Å². The lowest BCUT2D eigenvalue weighted by atomic mass is 9.94. The van der Waals surface area contributed by atoms with Crippen molar-refractivity contribution in [2.75, 3.05) is 13.1 Å². The molecule has 3 rings (SSSR count). The zero-order chi connectivity index (χ0) is 15.0. The van der Waals surface area contributed by atoms with Crippen molar-refractivity contribution in [3.63, 3.8) is 0 Å². The molecule has 118 valence electrons. The first kappa shape index (κ1) is 14.7. The summed E-state index contributed by atoms with van der Waals surface area (Å²) in [4.78, 5) is 28.2. The largest absolute Gasteiger partial charge is 0.480 e. The lowest BCUT2D eigenvalue weighted by Crippen LogP contribution is -2.52. The number of fused-ring (bicyclic) bond motifs is 1. The molecule has 0 bridgehead atoms. The molecule has 21 heavy (non-hydrogen) atoms. The molecule has 2 amide bonds. The van der Waals surface area contributed by atoms with E-state index in [-0.39, 0.29) is 11.9 Å². The number of urea groups is 1. The summed E-state index contributed by atoms with van der Waals surface area (Å²) in [6.45, 7) is 3.33. The van der Waals surface area contributed by atoms with Gasteiger partial charge in [0, 0.05) is 19.1 Å². The van der Waals surface area contributed by atoms with E-state index in [2.05, 4.69) is 0 Å². The first-order valence-corrected chi connectivity index (χ1v) is 8.43. The van der Waals surface area contributed by atoms with Gasteiger partial charge in [-0.25, -0.2) is 9.59 Å². The van der Waals surface area contributed by atoms with Gasteiger partial charge in [-0.2, -0.15) is 0 Å². The normalized spacial score (nSPS) is 32.4. The number of rotatable bonds is 3. The fourth-order valence-corrected chi connectivity index (χ4v) is 4.75. The summed E-state index contributed by atoms with van der Waals surface area (Å²) < 4.78 is 0. The van der Waals surface area contributed by atoms with Crippen molar-refractivity contribution in [2.24, 2.45) is 11.8 Å². The van der Waals surface area contributed by atoms with Gasteiger partial charge in [-0.05, 0) is 44.4 Å². The van der Waals surface area contributed by atoms with E-state index in [4.69, 9.17) is 0 Å². The van der Waals surface area contributed by atoms with E-state index in [9.17, 15) is 14.7 Å². The number of amides is 2. The van der Waals surface area contributed by atoms with Gasteiger partial charge in [0.05, 0.1) is 0 Å². The maximum absolute atomic E-state index is 12.9. The molecule has 0 aromatic carbocycles. The summed E-state index contributed by atoms with van der Waals surface area (Å²) in [5.74, 6) is -0.244. The molecule has 1 N–H and O–H groups in total. The fourth-order valence-electron chi connectivity index (χ4n) is 4.75. The van der Waals surface area contributed by atoms with Crippen LogP contribution in [0.25, 0.3) is 0 Å². The summed E-state index contributed by atoms with van der Waals surface area (Å²) in [7, 11) is 0. The third kappa shape index (κ3) is 2.51. The van der Waals surface area contributed by atoms with Crippen LogP contribution in [0.1, 0.15) is 51.9 Å². The Morgan fingerprint density at radius 1 is 1.14 bits per heavy atom. The van der Waals surface area contributed by atoms with Crippen LogP contribution in [0.2, 0.25) is 0 Å². The molecule has 3 fully saturated rings. The minimum absolute atomic E-state index is 0.0359. The molecule has 0 aromatic heterocycles. The van der Waals surface area contributed by atoms with Crippen LogP contribution < -0.4 is 0 Å². The number of carboxylic acid groups (broad SMARTS) is 1. The monoisotopic (exact) mass is 294 g/mol. The number of likely N-dealkylation sites (tertiary alicyclic amines) is 1. The number of aliphatic carboxylic acids is 1. The van der Waals surface area contributed by atoms with Crippen LogP contribution in [0.4, 0.5) is 4.79 Å². The fraction of sp³-hybridized carbons (Fsp3) is 0.875. The second kappa shape index (κ2) is 5.85. The molecule has 3 atom stereocenters. The molecule has 5 nitrogen and oxygen atoms in total. The lowest BCUT2D eigenvalue weighted by molar-refractivity contribution is -0.142. The minimum atomic E-state index is -0.819. The number of nitrogens with zero attached hydrogens (tertiary/aromatic N) is 2. The molecular weight excluding hydrogens is 268 g/mol. The Morgan fingerprint density at radius 2 is 1.86 bits per heavy atom. The van der Waals surface area contributed by atoms with E-state index in [1.54, 1.807) is 4.90 Å². The molecule has 2 aliphatic carbocycles. The summed E-state index contributed by atoms with van der Waals surface area (Å²) in [6.07, 6.45) is 7.65. The highest BCUT2D eigenvalue weighted by atomic mass is 16.4. The zero-order valence-corrected chi connectivity index (χ0v) is 12.8. The number of hydrogen-bond donors (Lipinski definition) is 1. The Hall–Kier alpha value is -1.26. The molecule has 0 radical (unpaired) electrons. The van der Waals surface area contributed by atoms with Gasteiger partial charge in [-0.3, -0.25) is 0 Å². The number of carbonyl (C=O) groups excluding carboxylic acids is 1. The van der Waals surface area contributed by atoms with Crippen LogP contribution in [0.5, 0.6) is 0 Å². The van der Waals surface area contributed by atoms with Crippen molar-refractivity contribution in [3.05, 3.63) is 0 Å². The lowest BCUT2D eigenvalue weighted by Gasteiger charge is -2.34. The van der Waals surface area contributed by atoms with Crippen LogP contribution in [-0.2, 0) is 4.79 Å². The van der Waals surface area contributed by atoms with Crippen LogP contribution in [0.15, 0.2) is 0 Å². The van der Waals surface area contributed by atoms with Crippen molar-refractivity contribution in [1.82, 2.24) is 9.80 Å². The Bertz CT molecular complexity index is 420. The van der Waals surface area contributed by atoms with Crippen molar-refractivity contribution in [2.45, 2.75) is 64.0 Å². The third-order valence-corrected chi connectivity index (χ3v) is 5.74. The Kier molecular flexibility index (Phi) is 4.09. The van der Waals surface area contributed by atoms with Gasteiger partial charge in [-0.15, -0.1) is 0 Å². The number of hydrogen-bond acceptors (Lipinski definition) is 2. The topological polar surface area (TPSA) is 60.9 Å². The van der Waals surface area contributed by atoms with E-state index in [0.717, 1.165) is 32.1 Å². The van der Waals surface area contributed by atoms with E-state index < -0.39 is 12.0 Å². The van der Waals surface area contributed by atoms with Gasteiger partial charge in [-0.1, -0.05) is 19.3 Å². The van der Waals surface area contributed by atoms with Crippen molar-refractivity contribution in [3.8, 4) is 0 Å². The second-order valence-corrected chi connectivity index (χ2v) is 6.80. The van der Waals surface area contributed by atoms with E-state index in [0.29, 0.717) is 25.0 Å². The average Bonchev–Trinajstić information content (AvgIpc) is 3.14. The van der Waals surface area contributed by atoms with Gasteiger partial charge in [0.1, 0.15) is 6.04 Å². The highest BCUT2D eigenvalue weighted by molar-refractivity contribution is 5.84. The summed E-state index contributed by atoms with van der Waals surface area (Å²) in [5, 5.41) is 9.59. The molecule has 1 saturated heterocycles. The second-order valence-electron chi connectivity index (χ2n) is 6.80. The first-order chi connectivity index (χ1) is 10.1. The minimum Gasteiger partial charge on any atom is -0.480 e. The molecule has 2 saturated carbocycles. The summed E-state index contributed by atoms with van der Waals surface area (Å²) in [5.41, 5.74) is 0. The maximum atomic E-state index is 12.9. The summed E-state index contributed by atoms with van der Waals surface area (Å²) >= 11 is 0. The predicted octanol–water partition coefficient (Wildman–Crippen LogP) is 2.56. The van der Waals surface area contributed by atoms with Crippen LogP contribution in [0, 0.1) is 11.8 Å². The third-order valence-electron chi connectivity index (χ3n) is 5.74. The first-order valence-electron chi connectivity index (χ1n) is 8.43. The van der Waals surface area contributed by atoms with Crippen molar-refractivity contribution >= 4 is 12.0 Å². The number of carbonyl (C=O) groups is 2. The van der Waals surface area contributed by atoms with E-state index >= 15 is 0 Å². The van der Waals surface area contributed by atoms with Crippen molar-refractivity contribution in [1.29, 1.82) is 0 Å². The Labute approximate surface area is 126 Å². The highest BCUT2D eigenvalue weighted by Gasteiger charge is 2.50. The quantitative estimate of drug-likeness (QED) is 0.870. The SMILES string of the molecule is CCN(C(=O)N1CC2CCCC2C1C(=O)O)C1CCCC1. The predicted molar refractivity (Wildman–Crippen MR) is 79.0 cm³/mol. The van der Waals surface area contributed by atoms with Gasteiger partial charge in [0.25, 0.3) is 0 Å². The molecule has 3 unspecified atom stereocenters. The van der Waals surface area contributed by atoms with Gasteiger partial charge in [0.2, 0.25) is 0 Å². The van der Waals surface area contributed by atoms with Crippen molar-refractivity contribution < 1.29 is 14.7 Å². The van der Waals surface area contributed by atoms with E-state index in [1.165, 1.54) is 12.8 Å². The molecule has 5 heteroatoms. The van der Waals surface area contributed by atoms with Crippen LogP contribution >= 0.6 is 0 Å². The smallest absolute Gasteiger partial charge is 0.326 e. The average molecular weight is 294 g/mol. The molecular formula is C16H26N2O3. The zero-order valence-electron chi connectivity index (χ0n) is 12.8. The van der Waals surface area contributed by atoms with Gasteiger partial charge < -0.3 is 14.9 Å². The standard InChI is InChI=1S/C16H26N2O3/c1-2-17(12-7-3-4-8-12)16(21)18-10-11-6-5-9-13(11)14(18)15(19)20/h11-14H,2-10H2,1H3,(H,19,20). The number of carboxylic acids is 1. The maximum Gasteiger partial charge on any atom is 0.326 e. The molecule has 1 heterocycles. The van der Waals surface area contributed by atoms with Crippen LogP contribution in [-0.4, -0.2) is 52.1 Å².